The van der Waals surface area contributed by atoms with Crippen LogP contribution in [0.15, 0.2) is 66.9 Å². The van der Waals surface area contributed by atoms with Crippen LogP contribution in [0.1, 0.15) is 66.5 Å². The van der Waals surface area contributed by atoms with Gasteiger partial charge in [0.15, 0.2) is 5.60 Å². The molecular formula is C33H55F3N2O4. The van der Waals surface area contributed by atoms with E-state index < -0.39 is 12.0 Å². The number of carbonyl (C=O) groups excluding carboxylic acids is 1. The Morgan fingerprint density at radius 3 is 1.88 bits per heavy atom. The van der Waals surface area contributed by atoms with Crippen LogP contribution in [0.5, 0.6) is 5.75 Å². The Kier molecular flexibility index (Phi) is 23.3. The molecule has 0 N–H and O–H groups in total. The van der Waals surface area contributed by atoms with Crippen molar-refractivity contribution in [3.63, 3.8) is 0 Å². The molecular weight excluding hydrogens is 545 g/mol. The number of ether oxygens (including phenoxy) is 3. The molecule has 0 bridgehead atoms. The van der Waals surface area contributed by atoms with Crippen LogP contribution >= 0.6 is 0 Å². The molecule has 242 valence electrons. The molecule has 1 aromatic rings. The minimum absolute atomic E-state index is 0.343. The van der Waals surface area contributed by atoms with Crippen molar-refractivity contribution in [2.24, 2.45) is 0 Å². The van der Waals surface area contributed by atoms with Gasteiger partial charge in [-0.1, -0.05) is 55.5 Å². The normalized spacial score (nSPS) is 11.0. The van der Waals surface area contributed by atoms with Gasteiger partial charge in [0.2, 0.25) is 0 Å². The average Bonchev–Trinajstić information content (AvgIpc) is 2.89. The van der Waals surface area contributed by atoms with E-state index in [-0.39, 0.29) is 5.97 Å². The lowest BCUT2D eigenvalue weighted by Crippen LogP contribution is -2.40. The number of hydrogen-bond acceptors (Lipinski definition) is 6. The number of halogens is 3. The molecule has 0 unspecified atom stereocenters. The summed E-state index contributed by atoms with van der Waals surface area (Å²) in [5.74, 6) is 0.378. The molecule has 1 rings (SSSR count). The predicted molar refractivity (Wildman–Crippen MR) is 170 cm³/mol. The fourth-order valence-electron chi connectivity index (χ4n) is 2.80. The smallest absolute Gasteiger partial charge is 0.476 e. The molecule has 1 aromatic carbocycles. The van der Waals surface area contributed by atoms with Crippen molar-refractivity contribution in [1.29, 1.82) is 0 Å². The summed E-state index contributed by atoms with van der Waals surface area (Å²) < 4.78 is 45.7. The molecule has 0 aliphatic carbocycles. The number of benzene rings is 1. The Hall–Kier alpha value is -3.04. The molecule has 0 saturated heterocycles. The number of esters is 1. The van der Waals surface area contributed by atoms with E-state index in [0.29, 0.717) is 13.7 Å². The second kappa shape index (κ2) is 22.5. The molecule has 6 nitrogen and oxygen atoms in total. The van der Waals surface area contributed by atoms with Crippen LogP contribution in [0, 0.1) is 0 Å². The van der Waals surface area contributed by atoms with Crippen molar-refractivity contribution in [3.8, 4) is 5.75 Å². The van der Waals surface area contributed by atoms with E-state index >= 15 is 0 Å². The van der Waals surface area contributed by atoms with Crippen LogP contribution in [0.3, 0.4) is 0 Å². The van der Waals surface area contributed by atoms with E-state index in [1.165, 1.54) is 11.1 Å². The van der Waals surface area contributed by atoms with Crippen molar-refractivity contribution in [1.82, 2.24) is 9.80 Å². The van der Waals surface area contributed by atoms with Crippen LogP contribution in [-0.4, -0.2) is 69.1 Å². The summed E-state index contributed by atoms with van der Waals surface area (Å²) in [5.41, 5.74) is 4.78. The topological polar surface area (TPSA) is 51.2 Å². The Balaban J connectivity index is -0.000000775. The quantitative estimate of drug-likeness (QED) is 0.145. The van der Waals surface area contributed by atoms with Gasteiger partial charge in [0.1, 0.15) is 5.75 Å². The Morgan fingerprint density at radius 2 is 1.55 bits per heavy atom. The number of aryl methyl sites for hydroxylation is 1. The van der Waals surface area contributed by atoms with Crippen LogP contribution in [0.25, 0.3) is 0 Å². The lowest BCUT2D eigenvalue weighted by molar-refractivity contribution is -0.311. The summed E-state index contributed by atoms with van der Waals surface area (Å²) in [6, 6.07) is 6.14. The highest BCUT2D eigenvalue weighted by molar-refractivity contribution is 5.79. The van der Waals surface area contributed by atoms with E-state index in [4.69, 9.17) is 9.47 Å². The average molecular weight is 601 g/mol. The van der Waals surface area contributed by atoms with E-state index in [1.807, 2.05) is 51.9 Å². The lowest BCUT2D eigenvalue weighted by Gasteiger charge is -2.26. The maximum absolute atomic E-state index is 12.1. The van der Waals surface area contributed by atoms with Crippen LogP contribution in [0.2, 0.25) is 0 Å². The molecule has 0 heterocycles. The molecule has 9 heteroatoms. The zero-order valence-electron chi connectivity index (χ0n) is 28.0. The first-order chi connectivity index (χ1) is 19.3. The van der Waals surface area contributed by atoms with E-state index in [1.54, 1.807) is 26.8 Å². The third kappa shape index (κ3) is 21.7. The maximum Gasteiger partial charge on any atom is 0.522 e. The fraction of sp³-hybridized carbons (Fsp3) is 0.545. The van der Waals surface area contributed by atoms with Crippen molar-refractivity contribution in [2.45, 2.75) is 80.3 Å². The Morgan fingerprint density at radius 1 is 1.05 bits per heavy atom. The van der Waals surface area contributed by atoms with Crippen LogP contribution in [-0.2, 0) is 27.2 Å². The van der Waals surface area contributed by atoms with Gasteiger partial charge in [-0.3, -0.25) is 9.64 Å². The summed E-state index contributed by atoms with van der Waals surface area (Å²) in [6.45, 7) is 28.5. The van der Waals surface area contributed by atoms with Gasteiger partial charge in [-0.2, -0.15) is 0 Å². The number of allylic oxidation sites excluding steroid dienone is 4. The summed E-state index contributed by atoms with van der Waals surface area (Å²) in [7, 11) is 6.67. The lowest BCUT2D eigenvalue weighted by atomic mass is 10.1. The number of methoxy groups -OCH3 is 1. The van der Waals surface area contributed by atoms with Gasteiger partial charge in [0, 0.05) is 40.0 Å². The summed E-state index contributed by atoms with van der Waals surface area (Å²) in [4.78, 5) is 16.3. The van der Waals surface area contributed by atoms with Gasteiger partial charge in [-0.25, -0.2) is 4.79 Å². The van der Waals surface area contributed by atoms with Gasteiger partial charge in [-0.05, 0) is 79.1 Å². The molecule has 0 aliphatic heterocycles. The minimum Gasteiger partial charge on any atom is -0.476 e. The first-order valence-electron chi connectivity index (χ1n) is 13.8. The van der Waals surface area contributed by atoms with Gasteiger partial charge in [0.25, 0.3) is 0 Å². The van der Waals surface area contributed by atoms with Crippen molar-refractivity contribution < 1.29 is 32.2 Å². The number of hydrogen-bond donors (Lipinski definition) is 0. The zero-order chi connectivity index (χ0) is 33.7. The standard InChI is InChI=1S/C21H34N2O3.C7H12.C3H6.C2H3F3O/c1-9-18-13-17(15-23(8)14-16(3)22(6)7)11-12-19(18)26-21(4,5)20(24)25-10-2;1-5-7(4)6(2)3;1-3-2;1-6-2(3,4)5/h11-13H,3,9-10,14-15H2,1-2,4-8H3;5H,2H2,1,3-4H3;3H,1H2,2H3;1H3/b;7-5+;;. The molecule has 0 aromatic heterocycles. The summed E-state index contributed by atoms with van der Waals surface area (Å²) in [5, 5.41) is 0. The fourth-order valence-corrected chi connectivity index (χ4v) is 2.80. The van der Waals surface area contributed by atoms with E-state index in [0.717, 1.165) is 42.1 Å². The Bertz CT molecular complexity index is 984. The third-order valence-corrected chi connectivity index (χ3v) is 5.51. The maximum atomic E-state index is 12.1. The highest BCUT2D eigenvalue weighted by Gasteiger charge is 2.32. The molecule has 0 amide bonds. The van der Waals surface area contributed by atoms with Crippen molar-refractivity contribution >= 4 is 5.97 Å². The van der Waals surface area contributed by atoms with Crippen molar-refractivity contribution in [2.75, 3.05) is 41.4 Å². The van der Waals surface area contributed by atoms with Gasteiger partial charge < -0.3 is 14.4 Å². The molecule has 0 atom stereocenters. The second-order valence-corrected chi connectivity index (χ2v) is 10.1. The monoisotopic (exact) mass is 600 g/mol. The van der Waals surface area contributed by atoms with Crippen LogP contribution < -0.4 is 4.74 Å². The van der Waals surface area contributed by atoms with Gasteiger partial charge >= 0.3 is 12.3 Å². The molecule has 0 aliphatic rings. The molecule has 0 radical (unpaired) electrons. The summed E-state index contributed by atoms with van der Waals surface area (Å²) >= 11 is 0. The molecule has 0 fully saturated rings. The second-order valence-electron chi connectivity index (χ2n) is 10.1. The Labute approximate surface area is 253 Å². The third-order valence-electron chi connectivity index (χ3n) is 5.51. The zero-order valence-corrected chi connectivity index (χ0v) is 28.0. The number of likely N-dealkylation sites (N-methyl/N-ethyl adjacent to an activating group) is 2. The SMILES string of the molecule is C=C(C)/C(C)=C/C.C=C(CN(C)Cc1ccc(OC(C)(C)C(=O)OCC)c(CC)c1)N(C)C.C=CC.COC(F)(F)F. The van der Waals surface area contributed by atoms with Crippen molar-refractivity contribution in [3.05, 3.63) is 78.1 Å². The largest absolute Gasteiger partial charge is 0.522 e. The van der Waals surface area contributed by atoms with E-state index in [9.17, 15) is 18.0 Å². The van der Waals surface area contributed by atoms with Gasteiger partial charge in [0.05, 0.1) is 6.61 Å². The number of rotatable bonds is 11. The number of alkyl halides is 3. The molecule has 0 spiro atoms. The van der Waals surface area contributed by atoms with E-state index in [2.05, 4.69) is 62.4 Å². The highest BCUT2D eigenvalue weighted by atomic mass is 19.4. The first kappa shape index (κ1) is 43.4. The highest BCUT2D eigenvalue weighted by Crippen LogP contribution is 2.26. The van der Waals surface area contributed by atoms with Gasteiger partial charge in [-0.15, -0.1) is 19.8 Å². The number of nitrogens with zero attached hydrogens (tertiary/aromatic N) is 2. The first-order valence-corrected chi connectivity index (χ1v) is 13.8. The number of carbonyl (C=O) groups is 1. The molecule has 42 heavy (non-hydrogen) atoms. The minimum atomic E-state index is -4.46. The predicted octanol–water partition coefficient (Wildman–Crippen LogP) is 8.35. The summed E-state index contributed by atoms with van der Waals surface area (Å²) in [6.07, 6.45) is 0.179. The van der Waals surface area contributed by atoms with Crippen LogP contribution in [0.4, 0.5) is 13.2 Å². The molecule has 0 saturated carbocycles.